The van der Waals surface area contributed by atoms with Gasteiger partial charge in [-0.1, -0.05) is 12.1 Å². The highest BCUT2D eigenvalue weighted by atomic mass is 16.5. The molecular formula is C21H23N7O4. The Morgan fingerprint density at radius 2 is 1.81 bits per heavy atom. The fourth-order valence-electron chi connectivity index (χ4n) is 3.71. The Morgan fingerprint density at radius 3 is 2.38 bits per heavy atom. The average Bonchev–Trinajstić information content (AvgIpc) is 3.29. The van der Waals surface area contributed by atoms with Crippen molar-refractivity contribution in [1.29, 1.82) is 0 Å². The number of rotatable bonds is 6. The third-order valence-electron chi connectivity index (χ3n) is 5.23. The molecule has 11 nitrogen and oxygen atoms in total. The van der Waals surface area contributed by atoms with E-state index in [1.807, 2.05) is 44.2 Å². The van der Waals surface area contributed by atoms with Crippen LogP contribution in [-0.4, -0.2) is 41.5 Å². The van der Waals surface area contributed by atoms with Crippen LogP contribution in [0.1, 0.15) is 17.0 Å². The van der Waals surface area contributed by atoms with E-state index in [-0.39, 0.29) is 17.7 Å². The Bertz CT molecular complexity index is 1450. The Kier molecular flexibility index (Phi) is 5.17. The summed E-state index contributed by atoms with van der Waals surface area (Å²) in [4.78, 5) is 42.1. The first-order valence-corrected chi connectivity index (χ1v) is 9.86. The van der Waals surface area contributed by atoms with Crippen LogP contribution in [0.25, 0.3) is 17.1 Å². The number of fused-ring (bicyclic) bond motifs is 1. The second-order valence-corrected chi connectivity index (χ2v) is 7.56. The molecule has 0 saturated carbocycles. The van der Waals surface area contributed by atoms with Crippen LogP contribution in [0.5, 0.6) is 5.75 Å². The number of ether oxygens (including phenoxy) is 1. The summed E-state index contributed by atoms with van der Waals surface area (Å²) in [6.07, 6.45) is 0. The number of nitrogens with two attached hydrogens (primary N) is 1. The van der Waals surface area contributed by atoms with Gasteiger partial charge in [-0.25, -0.2) is 14.0 Å². The summed E-state index contributed by atoms with van der Waals surface area (Å²) in [5.41, 5.74) is 6.80. The third-order valence-corrected chi connectivity index (χ3v) is 5.23. The lowest BCUT2D eigenvalue weighted by atomic mass is 10.2. The minimum atomic E-state index is -0.788. The summed E-state index contributed by atoms with van der Waals surface area (Å²) in [6, 6.07) is 9.28. The van der Waals surface area contributed by atoms with Gasteiger partial charge in [-0.2, -0.15) is 10.1 Å². The van der Waals surface area contributed by atoms with E-state index in [4.69, 9.17) is 10.5 Å². The lowest BCUT2D eigenvalue weighted by Crippen LogP contribution is -2.42. The molecule has 0 saturated heterocycles. The molecule has 32 heavy (non-hydrogen) atoms. The molecule has 3 aromatic heterocycles. The highest BCUT2D eigenvalue weighted by molar-refractivity contribution is 5.75. The van der Waals surface area contributed by atoms with Gasteiger partial charge in [-0.3, -0.25) is 18.7 Å². The Labute approximate surface area is 182 Å². The number of imidazole rings is 1. The largest absolute Gasteiger partial charge is 0.497 e. The second kappa shape index (κ2) is 7.84. The first-order chi connectivity index (χ1) is 15.2. The zero-order chi connectivity index (χ0) is 23.2. The Balaban J connectivity index is 2.04. The molecule has 4 aromatic rings. The van der Waals surface area contributed by atoms with Crippen molar-refractivity contribution >= 4 is 17.1 Å². The fraction of sp³-hybridized carbons (Fsp3) is 0.286. The molecule has 11 heteroatoms. The molecule has 166 valence electrons. The van der Waals surface area contributed by atoms with E-state index in [1.165, 1.54) is 11.6 Å². The molecule has 0 spiro atoms. The summed E-state index contributed by atoms with van der Waals surface area (Å²) in [5.74, 6) is 0.295. The van der Waals surface area contributed by atoms with E-state index in [0.717, 1.165) is 21.5 Å². The molecule has 0 aliphatic carbocycles. The number of aryl methyl sites for hydroxylation is 3. The van der Waals surface area contributed by atoms with E-state index in [0.29, 0.717) is 11.7 Å². The molecule has 1 amide bonds. The molecule has 1 aromatic carbocycles. The van der Waals surface area contributed by atoms with E-state index in [1.54, 1.807) is 16.4 Å². The van der Waals surface area contributed by atoms with Crippen LogP contribution in [-0.2, 0) is 24.9 Å². The van der Waals surface area contributed by atoms with Crippen molar-refractivity contribution in [1.82, 2.24) is 28.5 Å². The molecule has 2 N–H and O–H groups in total. The molecule has 3 heterocycles. The first kappa shape index (κ1) is 21.1. The molecule has 0 aliphatic rings. The van der Waals surface area contributed by atoms with Crippen LogP contribution >= 0.6 is 0 Å². The maximum atomic E-state index is 13.3. The minimum Gasteiger partial charge on any atom is -0.497 e. The molecule has 0 unspecified atom stereocenters. The van der Waals surface area contributed by atoms with Gasteiger partial charge in [0.15, 0.2) is 11.2 Å². The summed E-state index contributed by atoms with van der Waals surface area (Å²) >= 11 is 0. The van der Waals surface area contributed by atoms with Crippen molar-refractivity contribution in [2.75, 3.05) is 7.11 Å². The van der Waals surface area contributed by atoms with Gasteiger partial charge in [-0.15, -0.1) is 0 Å². The van der Waals surface area contributed by atoms with Crippen molar-refractivity contribution in [3.8, 4) is 11.7 Å². The fourth-order valence-corrected chi connectivity index (χ4v) is 3.71. The number of nitrogens with zero attached hydrogens (tertiary/aromatic N) is 6. The van der Waals surface area contributed by atoms with Crippen LogP contribution < -0.4 is 21.7 Å². The number of carbonyl (C=O) groups excluding carboxylic acids is 1. The number of methoxy groups -OCH3 is 1. The minimum absolute atomic E-state index is 0.173. The zero-order valence-corrected chi connectivity index (χ0v) is 18.2. The van der Waals surface area contributed by atoms with E-state index >= 15 is 0 Å². The summed E-state index contributed by atoms with van der Waals surface area (Å²) in [7, 11) is 3.08. The van der Waals surface area contributed by atoms with E-state index in [2.05, 4.69) is 10.1 Å². The van der Waals surface area contributed by atoms with E-state index in [9.17, 15) is 14.4 Å². The summed E-state index contributed by atoms with van der Waals surface area (Å²) < 4.78 is 10.6. The van der Waals surface area contributed by atoms with Crippen LogP contribution in [0, 0.1) is 13.8 Å². The summed E-state index contributed by atoms with van der Waals surface area (Å²) in [6.45, 7) is 3.49. The molecular weight excluding hydrogens is 414 g/mol. The lowest BCUT2D eigenvalue weighted by molar-refractivity contribution is -0.118. The van der Waals surface area contributed by atoms with Crippen molar-refractivity contribution < 1.29 is 9.53 Å². The van der Waals surface area contributed by atoms with Crippen molar-refractivity contribution in [3.05, 3.63) is 68.1 Å². The zero-order valence-electron chi connectivity index (χ0n) is 18.2. The maximum Gasteiger partial charge on any atom is 0.332 e. The predicted octanol–water partition coefficient (Wildman–Crippen LogP) is 0.241. The number of carbonyl (C=O) groups is 1. The number of aromatic nitrogens is 6. The predicted molar refractivity (Wildman–Crippen MR) is 117 cm³/mol. The van der Waals surface area contributed by atoms with E-state index < -0.39 is 23.7 Å². The topological polar surface area (TPSA) is 132 Å². The monoisotopic (exact) mass is 437 g/mol. The number of benzene rings is 1. The van der Waals surface area contributed by atoms with Gasteiger partial charge in [0.1, 0.15) is 12.3 Å². The molecule has 0 atom stereocenters. The Morgan fingerprint density at radius 1 is 1.12 bits per heavy atom. The summed E-state index contributed by atoms with van der Waals surface area (Å²) in [5, 5.41) is 4.50. The average molecular weight is 437 g/mol. The van der Waals surface area contributed by atoms with Gasteiger partial charge in [0.2, 0.25) is 11.9 Å². The van der Waals surface area contributed by atoms with Gasteiger partial charge >= 0.3 is 5.69 Å². The molecule has 0 bridgehead atoms. The highest BCUT2D eigenvalue weighted by Crippen LogP contribution is 2.20. The smallest absolute Gasteiger partial charge is 0.332 e. The van der Waals surface area contributed by atoms with Crippen LogP contribution in [0.3, 0.4) is 0 Å². The first-order valence-electron chi connectivity index (χ1n) is 9.86. The lowest BCUT2D eigenvalue weighted by Gasteiger charge is -2.11. The van der Waals surface area contributed by atoms with Gasteiger partial charge in [0.05, 0.1) is 19.3 Å². The van der Waals surface area contributed by atoms with Crippen molar-refractivity contribution in [2.24, 2.45) is 12.8 Å². The number of hydrogen-bond acceptors (Lipinski definition) is 6. The van der Waals surface area contributed by atoms with Crippen molar-refractivity contribution in [2.45, 2.75) is 26.9 Å². The molecule has 0 aliphatic heterocycles. The standard InChI is InChI=1S/C21H23N7O4/c1-12-9-13(2)28(24-12)20-23-18-17(19(30)27(11-16(22)29)21(31)25(18)3)26(20)10-14-5-7-15(32-4)8-6-14/h5-9H,10-11H2,1-4H3,(H2,22,29). The third kappa shape index (κ3) is 3.47. The Hall–Kier alpha value is -4.15. The molecule has 0 fully saturated rings. The number of hydrogen-bond donors (Lipinski definition) is 1. The number of amides is 1. The van der Waals surface area contributed by atoms with Gasteiger partial charge in [0, 0.05) is 12.7 Å². The highest BCUT2D eigenvalue weighted by Gasteiger charge is 2.23. The maximum absolute atomic E-state index is 13.3. The molecule has 4 rings (SSSR count). The van der Waals surface area contributed by atoms with Crippen LogP contribution in [0.15, 0.2) is 39.9 Å². The number of primary amides is 1. The quantitative estimate of drug-likeness (QED) is 0.460. The van der Waals surface area contributed by atoms with Crippen molar-refractivity contribution in [3.63, 3.8) is 0 Å². The van der Waals surface area contributed by atoms with Crippen LogP contribution in [0.4, 0.5) is 0 Å². The molecule has 0 radical (unpaired) electrons. The van der Waals surface area contributed by atoms with Gasteiger partial charge in [-0.05, 0) is 37.6 Å². The second-order valence-electron chi connectivity index (χ2n) is 7.56. The normalized spacial score (nSPS) is 11.2. The van der Waals surface area contributed by atoms with Gasteiger partial charge < -0.3 is 10.5 Å². The van der Waals surface area contributed by atoms with Gasteiger partial charge in [0.25, 0.3) is 5.56 Å². The SMILES string of the molecule is COc1ccc(Cn2c(-n3nc(C)cc3C)nc3c2c(=O)n(CC(N)=O)c(=O)n3C)cc1. The van der Waals surface area contributed by atoms with Crippen LogP contribution in [0.2, 0.25) is 0 Å².